The molecule has 0 aliphatic heterocycles. The van der Waals surface area contributed by atoms with E-state index in [2.05, 4.69) is 12.2 Å². The minimum atomic E-state index is -0.439. The standard InChI is InChI=1S/C25H21NO4/c1-3-16-8-10-17(11-9-16)24(27)26-21-15-18(12-13-23(21)29-2)20-14-19-6-4-5-7-22(19)30-25(20)28/h4-15H,3H2,1-2H3,(H,26,27). The summed E-state index contributed by atoms with van der Waals surface area (Å²) in [6.07, 6.45) is 0.909. The van der Waals surface area contributed by atoms with E-state index < -0.39 is 5.63 Å². The van der Waals surface area contributed by atoms with Crippen molar-refractivity contribution in [3.8, 4) is 16.9 Å². The van der Waals surface area contributed by atoms with Crippen LogP contribution in [0.2, 0.25) is 0 Å². The van der Waals surface area contributed by atoms with Crippen LogP contribution in [0, 0.1) is 0 Å². The van der Waals surface area contributed by atoms with Crippen molar-refractivity contribution in [2.45, 2.75) is 13.3 Å². The van der Waals surface area contributed by atoms with Gasteiger partial charge in [0.05, 0.1) is 18.4 Å². The molecule has 4 rings (SSSR count). The number of benzene rings is 3. The summed E-state index contributed by atoms with van der Waals surface area (Å²) < 4.78 is 10.8. The van der Waals surface area contributed by atoms with Gasteiger partial charge >= 0.3 is 5.63 Å². The largest absolute Gasteiger partial charge is 0.495 e. The summed E-state index contributed by atoms with van der Waals surface area (Å²) in [6, 6.07) is 21.8. The molecule has 0 saturated heterocycles. The van der Waals surface area contributed by atoms with Gasteiger partial charge in [0.1, 0.15) is 11.3 Å². The van der Waals surface area contributed by atoms with Crippen LogP contribution in [0.4, 0.5) is 5.69 Å². The van der Waals surface area contributed by atoms with Crippen LogP contribution in [-0.4, -0.2) is 13.0 Å². The third-order valence-corrected chi connectivity index (χ3v) is 5.02. The molecule has 4 aromatic rings. The summed E-state index contributed by atoms with van der Waals surface area (Å²) in [5.74, 6) is 0.251. The number of nitrogens with one attached hydrogen (secondary N) is 1. The minimum absolute atomic E-state index is 0.251. The Kier molecular flexibility index (Phi) is 5.35. The molecular formula is C25H21NO4. The Bertz CT molecular complexity index is 1270. The topological polar surface area (TPSA) is 68.5 Å². The molecule has 0 spiro atoms. The number of carbonyl (C=O) groups excluding carboxylic acids is 1. The first kappa shape index (κ1) is 19.5. The maximum Gasteiger partial charge on any atom is 0.344 e. The fourth-order valence-electron chi connectivity index (χ4n) is 3.32. The van der Waals surface area contributed by atoms with Crippen molar-refractivity contribution in [2.75, 3.05) is 12.4 Å². The molecular weight excluding hydrogens is 378 g/mol. The van der Waals surface area contributed by atoms with E-state index >= 15 is 0 Å². The van der Waals surface area contributed by atoms with Gasteiger partial charge in [-0.3, -0.25) is 4.79 Å². The van der Waals surface area contributed by atoms with Crippen molar-refractivity contribution in [1.29, 1.82) is 0 Å². The number of rotatable bonds is 5. The molecule has 30 heavy (non-hydrogen) atoms. The van der Waals surface area contributed by atoms with E-state index in [-0.39, 0.29) is 5.91 Å². The lowest BCUT2D eigenvalue weighted by Crippen LogP contribution is -2.13. The Hall–Kier alpha value is -3.86. The highest BCUT2D eigenvalue weighted by Gasteiger charge is 2.14. The number of fused-ring (bicyclic) bond motifs is 1. The van der Waals surface area contributed by atoms with Crippen LogP contribution in [0.25, 0.3) is 22.1 Å². The number of aryl methyl sites for hydroxylation is 1. The number of methoxy groups -OCH3 is 1. The molecule has 150 valence electrons. The summed E-state index contributed by atoms with van der Waals surface area (Å²) in [4.78, 5) is 25.2. The minimum Gasteiger partial charge on any atom is -0.495 e. The Balaban J connectivity index is 1.71. The number of carbonyl (C=O) groups is 1. The molecule has 1 N–H and O–H groups in total. The van der Waals surface area contributed by atoms with E-state index in [4.69, 9.17) is 9.15 Å². The molecule has 3 aromatic carbocycles. The molecule has 0 aliphatic rings. The van der Waals surface area contributed by atoms with E-state index in [1.807, 2.05) is 30.3 Å². The van der Waals surface area contributed by atoms with Gasteiger partial charge in [0.2, 0.25) is 0 Å². The fraction of sp³-hybridized carbons (Fsp3) is 0.120. The fourth-order valence-corrected chi connectivity index (χ4v) is 3.32. The molecule has 1 amide bonds. The molecule has 5 heteroatoms. The Labute approximate surface area is 173 Å². The second-order valence-corrected chi connectivity index (χ2v) is 6.91. The summed E-state index contributed by atoms with van der Waals surface area (Å²) in [5, 5.41) is 3.71. The first-order valence-electron chi connectivity index (χ1n) is 9.70. The van der Waals surface area contributed by atoms with E-state index in [1.54, 1.807) is 42.5 Å². The van der Waals surface area contributed by atoms with Crippen LogP contribution in [0.15, 0.2) is 82.0 Å². The molecule has 0 saturated carbocycles. The van der Waals surface area contributed by atoms with Gasteiger partial charge in [-0.15, -0.1) is 0 Å². The van der Waals surface area contributed by atoms with E-state index in [0.29, 0.717) is 33.7 Å². The van der Waals surface area contributed by atoms with Gasteiger partial charge in [-0.1, -0.05) is 43.3 Å². The van der Waals surface area contributed by atoms with Crippen LogP contribution in [0.5, 0.6) is 5.75 Å². The SMILES string of the molecule is CCc1ccc(C(=O)Nc2cc(-c3cc4ccccc4oc3=O)ccc2OC)cc1. The van der Waals surface area contributed by atoms with Crippen molar-refractivity contribution < 1.29 is 13.9 Å². The highest BCUT2D eigenvalue weighted by molar-refractivity contribution is 6.05. The average molecular weight is 399 g/mol. The predicted molar refractivity (Wildman–Crippen MR) is 118 cm³/mol. The summed E-state index contributed by atoms with van der Waals surface area (Å²) >= 11 is 0. The molecule has 5 nitrogen and oxygen atoms in total. The van der Waals surface area contributed by atoms with Crippen molar-refractivity contribution >= 4 is 22.6 Å². The molecule has 0 atom stereocenters. The normalized spacial score (nSPS) is 10.7. The van der Waals surface area contributed by atoms with Gasteiger partial charge in [0.15, 0.2) is 0 Å². The van der Waals surface area contributed by atoms with Crippen LogP contribution in [0.3, 0.4) is 0 Å². The first-order chi connectivity index (χ1) is 14.6. The van der Waals surface area contributed by atoms with Gasteiger partial charge in [-0.05, 0) is 53.9 Å². The second kappa shape index (κ2) is 8.25. The van der Waals surface area contributed by atoms with Crippen LogP contribution in [0.1, 0.15) is 22.8 Å². The monoisotopic (exact) mass is 399 g/mol. The number of para-hydroxylation sites is 1. The zero-order chi connectivity index (χ0) is 21.1. The Morgan fingerprint density at radius 3 is 2.50 bits per heavy atom. The quantitative estimate of drug-likeness (QED) is 0.464. The van der Waals surface area contributed by atoms with Crippen LogP contribution in [-0.2, 0) is 6.42 Å². The molecule has 1 heterocycles. The highest BCUT2D eigenvalue weighted by Crippen LogP contribution is 2.31. The maximum atomic E-state index is 12.7. The summed E-state index contributed by atoms with van der Waals surface area (Å²) in [5.41, 5.74) is 3.33. The number of hydrogen-bond acceptors (Lipinski definition) is 4. The molecule has 0 aliphatic carbocycles. The predicted octanol–water partition coefficient (Wildman–Crippen LogP) is 5.28. The zero-order valence-corrected chi connectivity index (χ0v) is 16.8. The molecule has 0 bridgehead atoms. The number of hydrogen-bond donors (Lipinski definition) is 1. The zero-order valence-electron chi connectivity index (χ0n) is 16.8. The van der Waals surface area contributed by atoms with Gasteiger partial charge in [0, 0.05) is 10.9 Å². The summed E-state index contributed by atoms with van der Waals surface area (Å²) in [6.45, 7) is 2.06. The van der Waals surface area contributed by atoms with E-state index in [0.717, 1.165) is 17.4 Å². The second-order valence-electron chi connectivity index (χ2n) is 6.91. The van der Waals surface area contributed by atoms with Crippen LogP contribution < -0.4 is 15.7 Å². The van der Waals surface area contributed by atoms with Gasteiger partial charge < -0.3 is 14.5 Å². The molecule has 0 fully saturated rings. The van der Waals surface area contributed by atoms with Crippen molar-refractivity contribution in [1.82, 2.24) is 0 Å². The molecule has 1 aromatic heterocycles. The van der Waals surface area contributed by atoms with E-state index in [9.17, 15) is 9.59 Å². The van der Waals surface area contributed by atoms with Gasteiger partial charge in [-0.25, -0.2) is 4.79 Å². The Morgan fingerprint density at radius 1 is 1.00 bits per heavy atom. The lowest BCUT2D eigenvalue weighted by Gasteiger charge is -2.12. The lowest BCUT2D eigenvalue weighted by atomic mass is 10.0. The number of ether oxygens (including phenoxy) is 1. The van der Waals surface area contributed by atoms with Crippen molar-refractivity contribution in [3.05, 3.63) is 94.3 Å². The third kappa shape index (κ3) is 3.82. The lowest BCUT2D eigenvalue weighted by molar-refractivity contribution is 0.102. The maximum absolute atomic E-state index is 12.7. The number of anilines is 1. The van der Waals surface area contributed by atoms with Crippen molar-refractivity contribution in [2.24, 2.45) is 0 Å². The smallest absolute Gasteiger partial charge is 0.344 e. The average Bonchev–Trinajstić information content (AvgIpc) is 2.78. The molecule has 0 unspecified atom stereocenters. The summed E-state index contributed by atoms with van der Waals surface area (Å²) in [7, 11) is 1.53. The first-order valence-corrected chi connectivity index (χ1v) is 9.70. The van der Waals surface area contributed by atoms with E-state index in [1.165, 1.54) is 7.11 Å². The third-order valence-electron chi connectivity index (χ3n) is 5.02. The van der Waals surface area contributed by atoms with Crippen molar-refractivity contribution in [3.63, 3.8) is 0 Å². The van der Waals surface area contributed by atoms with Gasteiger partial charge in [0.25, 0.3) is 5.91 Å². The Morgan fingerprint density at radius 2 is 1.77 bits per heavy atom. The van der Waals surface area contributed by atoms with Crippen LogP contribution >= 0.6 is 0 Å². The highest BCUT2D eigenvalue weighted by atomic mass is 16.5. The number of amides is 1. The van der Waals surface area contributed by atoms with Gasteiger partial charge in [-0.2, -0.15) is 0 Å². The molecule has 0 radical (unpaired) electrons.